The normalized spacial score (nSPS) is 10.9. The molecule has 1 amide bonds. The van der Waals surface area contributed by atoms with Crippen molar-refractivity contribution in [1.29, 1.82) is 0 Å². The van der Waals surface area contributed by atoms with Gasteiger partial charge in [0.05, 0.1) is 17.6 Å². The van der Waals surface area contributed by atoms with Gasteiger partial charge in [-0.05, 0) is 55.5 Å². The molecule has 3 rings (SSSR count). The van der Waals surface area contributed by atoms with Crippen LogP contribution < -0.4 is 10.0 Å². The summed E-state index contributed by atoms with van der Waals surface area (Å²) in [6.45, 7) is 1.87. The summed E-state index contributed by atoms with van der Waals surface area (Å²) in [7, 11) is -2.51. The Morgan fingerprint density at radius 2 is 1.43 bits per heavy atom. The van der Waals surface area contributed by atoms with Crippen molar-refractivity contribution in [3.8, 4) is 0 Å². The molecule has 8 heteroatoms. The molecule has 0 saturated carbocycles. The zero-order chi connectivity index (χ0) is 21.7. The van der Waals surface area contributed by atoms with E-state index in [-0.39, 0.29) is 16.1 Å². The van der Waals surface area contributed by atoms with Gasteiger partial charge >= 0.3 is 5.97 Å². The van der Waals surface area contributed by atoms with Crippen LogP contribution in [0, 0.1) is 6.92 Å². The topological polar surface area (TPSA) is 102 Å². The van der Waals surface area contributed by atoms with Crippen LogP contribution in [0.3, 0.4) is 0 Å². The molecule has 0 radical (unpaired) electrons. The summed E-state index contributed by atoms with van der Waals surface area (Å²) in [4.78, 5) is 24.3. The number of amides is 1. The number of anilines is 2. The molecule has 0 aliphatic heterocycles. The number of methoxy groups -OCH3 is 1. The van der Waals surface area contributed by atoms with E-state index >= 15 is 0 Å². The number of hydrogen-bond donors (Lipinski definition) is 2. The number of esters is 1. The minimum atomic E-state index is -3.78. The van der Waals surface area contributed by atoms with E-state index in [1.54, 1.807) is 48.5 Å². The predicted molar refractivity (Wildman–Crippen MR) is 114 cm³/mol. The second-order valence-electron chi connectivity index (χ2n) is 6.53. The molecule has 7 nitrogen and oxygen atoms in total. The van der Waals surface area contributed by atoms with Crippen molar-refractivity contribution in [1.82, 2.24) is 0 Å². The highest BCUT2D eigenvalue weighted by atomic mass is 32.2. The first-order chi connectivity index (χ1) is 14.3. The van der Waals surface area contributed by atoms with Crippen LogP contribution in [0.5, 0.6) is 0 Å². The Labute approximate surface area is 174 Å². The molecule has 30 heavy (non-hydrogen) atoms. The molecule has 0 aromatic heterocycles. The van der Waals surface area contributed by atoms with Crippen LogP contribution >= 0.6 is 0 Å². The Hall–Kier alpha value is -3.65. The van der Waals surface area contributed by atoms with Crippen molar-refractivity contribution >= 4 is 33.3 Å². The Kier molecular flexibility index (Phi) is 6.17. The van der Waals surface area contributed by atoms with Gasteiger partial charge in [-0.2, -0.15) is 0 Å². The lowest BCUT2D eigenvalue weighted by Gasteiger charge is -2.11. The maximum Gasteiger partial charge on any atom is 0.337 e. The lowest BCUT2D eigenvalue weighted by molar-refractivity contribution is 0.0600. The Balaban J connectivity index is 1.77. The lowest BCUT2D eigenvalue weighted by Crippen LogP contribution is -2.15. The highest BCUT2D eigenvalue weighted by molar-refractivity contribution is 7.92. The van der Waals surface area contributed by atoms with E-state index in [0.717, 1.165) is 5.56 Å². The third kappa shape index (κ3) is 5.03. The van der Waals surface area contributed by atoms with Gasteiger partial charge in [0.2, 0.25) is 0 Å². The summed E-state index contributed by atoms with van der Waals surface area (Å²) in [6, 6.07) is 18.9. The maximum absolute atomic E-state index is 12.6. The second-order valence-corrected chi connectivity index (χ2v) is 8.21. The van der Waals surface area contributed by atoms with Gasteiger partial charge in [-0.1, -0.05) is 29.8 Å². The molecule has 0 heterocycles. The number of sulfonamides is 1. The lowest BCUT2D eigenvalue weighted by atomic mass is 10.1. The molecule has 3 aromatic rings. The summed E-state index contributed by atoms with van der Waals surface area (Å²) in [6.07, 6.45) is 0. The Bertz CT molecular complexity index is 1190. The summed E-state index contributed by atoms with van der Waals surface area (Å²) < 4.78 is 32.3. The molecular formula is C22H20N2O5S. The van der Waals surface area contributed by atoms with Crippen molar-refractivity contribution in [3.63, 3.8) is 0 Å². The Morgan fingerprint density at radius 3 is 2.10 bits per heavy atom. The minimum Gasteiger partial charge on any atom is -0.465 e. The molecule has 0 saturated heterocycles. The quantitative estimate of drug-likeness (QED) is 0.586. The van der Waals surface area contributed by atoms with Crippen LogP contribution in [0.2, 0.25) is 0 Å². The highest BCUT2D eigenvalue weighted by Crippen LogP contribution is 2.19. The van der Waals surface area contributed by atoms with Crippen LogP contribution in [0.15, 0.2) is 77.7 Å². The first-order valence-electron chi connectivity index (χ1n) is 8.98. The number of benzene rings is 3. The van der Waals surface area contributed by atoms with Gasteiger partial charge in [-0.15, -0.1) is 0 Å². The van der Waals surface area contributed by atoms with Gasteiger partial charge in [0.25, 0.3) is 15.9 Å². The summed E-state index contributed by atoms with van der Waals surface area (Å²) in [5.74, 6) is -0.966. The van der Waals surface area contributed by atoms with Gasteiger partial charge in [-0.25, -0.2) is 13.2 Å². The van der Waals surface area contributed by atoms with Gasteiger partial charge in [-0.3, -0.25) is 9.52 Å². The molecular weight excluding hydrogens is 404 g/mol. The van der Waals surface area contributed by atoms with Gasteiger partial charge in [0, 0.05) is 16.9 Å². The molecule has 0 fully saturated rings. The van der Waals surface area contributed by atoms with Crippen molar-refractivity contribution in [2.45, 2.75) is 11.8 Å². The number of hydrogen-bond acceptors (Lipinski definition) is 5. The summed E-state index contributed by atoms with van der Waals surface area (Å²) in [5, 5.41) is 2.68. The fourth-order valence-electron chi connectivity index (χ4n) is 2.70. The van der Waals surface area contributed by atoms with Crippen molar-refractivity contribution in [2.75, 3.05) is 17.1 Å². The average Bonchev–Trinajstić information content (AvgIpc) is 2.73. The van der Waals surface area contributed by atoms with Crippen molar-refractivity contribution in [3.05, 3.63) is 89.5 Å². The molecule has 0 spiro atoms. The van der Waals surface area contributed by atoms with Crippen LogP contribution in [-0.2, 0) is 14.8 Å². The average molecular weight is 424 g/mol. The van der Waals surface area contributed by atoms with Crippen LogP contribution in [0.4, 0.5) is 11.4 Å². The van der Waals surface area contributed by atoms with Crippen LogP contribution in [-0.4, -0.2) is 27.4 Å². The first kappa shape index (κ1) is 21.1. The minimum absolute atomic E-state index is 0.127. The van der Waals surface area contributed by atoms with Crippen LogP contribution in [0.1, 0.15) is 26.3 Å². The number of rotatable bonds is 6. The number of aryl methyl sites for hydroxylation is 1. The first-order valence-corrected chi connectivity index (χ1v) is 10.5. The third-order valence-corrected chi connectivity index (χ3v) is 5.65. The zero-order valence-corrected chi connectivity index (χ0v) is 17.2. The monoisotopic (exact) mass is 424 g/mol. The fraction of sp³-hybridized carbons (Fsp3) is 0.0909. The second kappa shape index (κ2) is 8.79. The van der Waals surface area contributed by atoms with E-state index < -0.39 is 21.9 Å². The maximum atomic E-state index is 12.6. The van der Waals surface area contributed by atoms with Gasteiger partial charge < -0.3 is 10.1 Å². The Morgan fingerprint density at radius 1 is 0.833 bits per heavy atom. The summed E-state index contributed by atoms with van der Waals surface area (Å²) in [5.41, 5.74) is 2.17. The third-order valence-electron chi connectivity index (χ3n) is 4.25. The van der Waals surface area contributed by atoms with E-state index in [1.807, 2.05) is 6.92 Å². The predicted octanol–water partition coefficient (Wildman–Crippen LogP) is 3.83. The molecule has 0 bridgehead atoms. The van der Waals surface area contributed by atoms with Crippen molar-refractivity contribution in [2.24, 2.45) is 0 Å². The zero-order valence-electron chi connectivity index (χ0n) is 16.4. The molecule has 0 aliphatic rings. The molecule has 0 atom stereocenters. The number of ether oxygens (including phenoxy) is 1. The van der Waals surface area contributed by atoms with E-state index in [4.69, 9.17) is 0 Å². The number of carbonyl (C=O) groups excluding carboxylic acids is 2. The molecule has 2 N–H and O–H groups in total. The fourth-order valence-corrected chi connectivity index (χ4v) is 3.75. The number of carbonyl (C=O) groups is 2. The van der Waals surface area contributed by atoms with E-state index in [1.165, 1.54) is 31.4 Å². The smallest absolute Gasteiger partial charge is 0.337 e. The van der Waals surface area contributed by atoms with E-state index in [2.05, 4.69) is 14.8 Å². The van der Waals surface area contributed by atoms with Gasteiger partial charge in [0.1, 0.15) is 0 Å². The number of nitrogens with one attached hydrogen (secondary N) is 2. The molecule has 0 unspecified atom stereocenters. The van der Waals surface area contributed by atoms with Crippen molar-refractivity contribution < 1.29 is 22.7 Å². The van der Waals surface area contributed by atoms with E-state index in [0.29, 0.717) is 11.3 Å². The highest BCUT2D eigenvalue weighted by Gasteiger charge is 2.15. The van der Waals surface area contributed by atoms with E-state index in [9.17, 15) is 18.0 Å². The van der Waals surface area contributed by atoms with Gasteiger partial charge in [0.15, 0.2) is 0 Å². The molecule has 154 valence electrons. The summed E-state index contributed by atoms with van der Waals surface area (Å²) >= 11 is 0. The van der Waals surface area contributed by atoms with Crippen LogP contribution in [0.25, 0.3) is 0 Å². The largest absolute Gasteiger partial charge is 0.465 e. The standard InChI is InChI=1S/C22H20N2O5S/c1-15-9-11-20(12-10-15)30(27,28)24-19-8-3-5-16(13-19)21(25)23-18-7-4-6-17(14-18)22(26)29-2/h3-14,24H,1-2H3,(H,23,25). The SMILES string of the molecule is COC(=O)c1cccc(NC(=O)c2cccc(NS(=O)(=O)c3ccc(C)cc3)c2)c1. The molecule has 3 aromatic carbocycles. The molecule has 0 aliphatic carbocycles.